The van der Waals surface area contributed by atoms with E-state index in [4.69, 9.17) is 0 Å². The fraction of sp³-hybridized carbons (Fsp3) is 1.00. The van der Waals surface area contributed by atoms with E-state index in [1.807, 2.05) is 0 Å². The summed E-state index contributed by atoms with van der Waals surface area (Å²) in [6, 6.07) is 0. The molecule has 1 nitrogen and oxygen atoms in total. The van der Waals surface area contributed by atoms with E-state index in [9.17, 15) is 0 Å². The average molecular weight is 221 g/mol. The molecule has 0 aromatic rings. The Morgan fingerprint density at radius 1 is 0.938 bits per heavy atom. The zero-order valence-corrected chi connectivity index (χ0v) is 10.8. The first-order valence-electron chi connectivity index (χ1n) is 7.53. The second kappa shape index (κ2) is 4.68. The third-order valence-electron chi connectivity index (χ3n) is 5.74. The van der Waals surface area contributed by atoms with Gasteiger partial charge < -0.3 is 5.32 Å². The lowest BCUT2D eigenvalue weighted by Gasteiger charge is -2.23. The molecule has 0 spiro atoms. The van der Waals surface area contributed by atoms with Gasteiger partial charge >= 0.3 is 0 Å². The van der Waals surface area contributed by atoms with Crippen LogP contribution in [0.5, 0.6) is 0 Å². The highest BCUT2D eigenvalue weighted by Gasteiger charge is 2.39. The maximum atomic E-state index is 3.78. The molecular formula is C15H27N. The third kappa shape index (κ3) is 2.16. The van der Waals surface area contributed by atoms with Crippen molar-refractivity contribution in [3.8, 4) is 0 Å². The van der Waals surface area contributed by atoms with Crippen molar-refractivity contribution in [1.82, 2.24) is 5.32 Å². The van der Waals surface area contributed by atoms with Crippen LogP contribution in [0.15, 0.2) is 0 Å². The van der Waals surface area contributed by atoms with Gasteiger partial charge in [-0.25, -0.2) is 0 Å². The lowest BCUT2D eigenvalue weighted by Crippen LogP contribution is -2.31. The van der Waals surface area contributed by atoms with Crippen molar-refractivity contribution >= 4 is 0 Å². The molecule has 0 radical (unpaired) electrons. The molecule has 3 aliphatic rings. The highest BCUT2D eigenvalue weighted by Crippen LogP contribution is 2.47. The van der Waals surface area contributed by atoms with Crippen LogP contribution in [0, 0.1) is 29.6 Å². The smallest absolute Gasteiger partial charge is 0.00176 e. The highest BCUT2D eigenvalue weighted by molar-refractivity contribution is 4.91. The zero-order chi connectivity index (χ0) is 11.0. The van der Waals surface area contributed by atoms with Gasteiger partial charge in [0.05, 0.1) is 0 Å². The van der Waals surface area contributed by atoms with Gasteiger partial charge in [0.1, 0.15) is 0 Å². The number of nitrogens with one attached hydrogen (secondary N) is 1. The topological polar surface area (TPSA) is 12.0 Å². The standard InChI is InChI=1S/C15H27N/c1-11-3-2-4-14(11)9-16-10-15-8-12-5-6-13(15)7-12/h11-16H,2-10H2,1H3. The van der Waals surface area contributed by atoms with Crippen LogP contribution in [-0.4, -0.2) is 13.1 Å². The Morgan fingerprint density at radius 2 is 1.81 bits per heavy atom. The molecule has 5 unspecified atom stereocenters. The molecule has 0 saturated heterocycles. The number of rotatable bonds is 4. The molecule has 5 atom stereocenters. The molecule has 3 saturated carbocycles. The van der Waals surface area contributed by atoms with E-state index in [-0.39, 0.29) is 0 Å². The van der Waals surface area contributed by atoms with Crippen LogP contribution in [0.1, 0.15) is 51.9 Å². The number of hydrogen-bond donors (Lipinski definition) is 1. The van der Waals surface area contributed by atoms with Gasteiger partial charge in [0, 0.05) is 0 Å². The van der Waals surface area contributed by atoms with Crippen LogP contribution in [-0.2, 0) is 0 Å². The summed E-state index contributed by atoms with van der Waals surface area (Å²) < 4.78 is 0. The van der Waals surface area contributed by atoms with Gasteiger partial charge in [0.2, 0.25) is 0 Å². The molecule has 1 heteroatoms. The molecule has 0 aliphatic heterocycles. The SMILES string of the molecule is CC1CCCC1CNCC1CC2CCC1C2. The van der Waals surface area contributed by atoms with E-state index in [2.05, 4.69) is 12.2 Å². The minimum absolute atomic E-state index is 0.979. The van der Waals surface area contributed by atoms with E-state index in [0.717, 1.165) is 29.6 Å². The van der Waals surface area contributed by atoms with Gasteiger partial charge in [-0.3, -0.25) is 0 Å². The number of hydrogen-bond acceptors (Lipinski definition) is 1. The van der Waals surface area contributed by atoms with Crippen LogP contribution in [0.25, 0.3) is 0 Å². The van der Waals surface area contributed by atoms with Crippen LogP contribution in [0.3, 0.4) is 0 Å². The van der Waals surface area contributed by atoms with Crippen LogP contribution < -0.4 is 5.32 Å². The molecule has 0 aromatic heterocycles. The first-order chi connectivity index (χ1) is 7.83. The lowest BCUT2D eigenvalue weighted by molar-refractivity contribution is 0.302. The Kier molecular flexibility index (Phi) is 3.24. The van der Waals surface area contributed by atoms with E-state index >= 15 is 0 Å². The molecule has 0 aromatic carbocycles. The molecule has 3 aliphatic carbocycles. The molecule has 2 bridgehead atoms. The van der Waals surface area contributed by atoms with Crippen molar-refractivity contribution in [2.75, 3.05) is 13.1 Å². The Labute approximate surface area is 100 Å². The zero-order valence-electron chi connectivity index (χ0n) is 10.8. The summed E-state index contributed by atoms with van der Waals surface area (Å²) in [4.78, 5) is 0. The quantitative estimate of drug-likeness (QED) is 0.766. The van der Waals surface area contributed by atoms with Gasteiger partial charge in [-0.2, -0.15) is 0 Å². The van der Waals surface area contributed by atoms with Crippen LogP contribution in [0.2, 0.25) is 0 Å². The predicted molar refractivity (Wildman–Crippen MR) is 68.3 cm³/mol. The second-order valence-corrected chi connectivity index (χ2v) is 6.76. The monoisotopic (exact) mass is 221 g/mol. The van der Waals surface area contributed by atoms with Crippen LogP contribution >= 0.6 is 0 Å². The van der Waals surface area contributed by atoms with E-state index < -0.39 is 0 Å². The van der Waals surface area contributed by atoms with E-state index in [0.29, 0.717) is 0 Å². The fourth-order valence-electron chi connectivity index (χ4n) is 4.61. The Hall–Kier alpha value is -0.0400. The van der Waals surface area contributed by atoms with Crippen molar-refractivity contribution in [3.05, 3.63) is 0 Å². The van der Waals surface area contributed by atoms with Gasteiger partial charge in [-0.1, -0.05) is 26.2 Å². The molecule has 16 heavy (non-hydrogen) atoms. The summed E-state index contributed by atoms with van der Waals surface area (Å²) in [7, 11) is 0. The minimum Gasteiger partial charge on any atom is -0.316 e. The fourth-order valence-corrected chi connectivity index (χ4v) is 4.61. The average Bonchev–Trinajstić information content (AvgIpc) is 2.96. The highest BCUT2D eigenvalue weighted by atomic mass is 14.9. The first kappa shape index (κ1) is 11.1. The van der Waals surface area contributed by atoms with Gasteiger partial charge in [0.15, 0.2) is 0 Å². The molecule has 0 amide bonds. The summed E-state index contributed by atoms with van der Waals surface area (Å²) in [5, 5.41) is 3.78. The van der Waals surface area contributed by atoms with Crippen molar-refractivity contribution in [2.45, 2.75) is 51.9 Å². The van der Waals surface area contributed by atoms with E-state index in [1.54, 1.807) is 12.8 Å². The molecular weight excluding hydrogens is 194 g/mol. The summed E-state index contributed by atoms with van der Waals surface area (Å²) in [6.07, 6.45) is 10.6. The molecule has 1 N–H and O–H groups in total. The van der Waals surface area contributed by atoms with Gasteiger partial charge in [-0.05, 0) is 68.4 Å². The Morgan fingerprint density at radius 3 is 2.44 bits per heavy atom. The molecule has 3 fully saturated rings. The van der Waals surface area contributed by atoms with Gasteiger partial charge in [-0.15, -0.1) is 0 Å². The molecule has 0 heterocycles. The van der Waals surface area contributed by atoms with E-state index in [1.165, 1.54) is 45.2 Å². The van der Waals surface area contributed by atoms with Crippen molar-refractivity contribution in [2.24, 2.45) is 29.6 Å². The molecule has 3 rings (SSSR count). The van der Waals surface area contributed by atoms with Crippen molar-refractivity contribution in [1.29, 1.82) is 0 Å². The molecule has 92 valence electrons. The second-order valence-electron chi connectivity index (χ2n) is 6.76. The summed E-state index contributed by atoms with van der Waals surface area (Å²) in [6.45, 7) is 5.07. The van der Waals surface area contributed by atoms with Crippen LogP contribution in [0.4, 0.5) is 0 Å². The summed E-state index contributed by atoms with van der Waals surface area (Å²) >= 11 is 0. The van der Waals surface area contributed by atoms with Crippen molar-refractivity contribution < 1.29 is 0 Å². The lowest BCUT2D eigenvalue weighted by atomic mass is 9.88. The van der Waals surface area contributed by atoms with Gasteiger partial charge in [0.25, 0.3) is 0 Å². The predicted octanol–water partition coefficient (Wildman–Crippen LogP) is 3.45. The maximum absolute atomic E-state index is 3.78. The third-order valence-corrected chi connectivity index (χ3v) is 5.74. The largest absolute Gasteiger partial charge is 0.316 e. The summed E-state index contributed by atoms with van der Waals surface area (Å²) in [5.74, 6) is 5.21. The Bertz CT molecular complexity index is 238. The minimum atomic E-state index is 0.979. The first-order valence-corrected chi connectivity index (χ1v) is 7.53. The number of fused-ring (bicyclic) bond motifs is 2. The Balaban J connectivity index is 1.37. The maximum Gasteiger partial charge on any atom is -0.00176 e. The summed E-state index contributed by atoms with van der Waals surface area (Å²) in [5.41, 5.74) is 0. The normalized spacial score (nSPS) is 46.7. The van der Waals surface area contributed by atoms with Crippen molar-refractivity contribution in [3.63, 3.8) is 0 Å².